The standard InChI is InChI=1S/C23H20O2Se/c1-2-21(26-20-16-10-5-11-17-20)22(18-12-6-3-7-13-18)25-23(24)19-14-8-4-9-15-19/h3-17H,2H2,1H3/b22-21+. The zero-order chi connectivity index (χ0) is 18.2. The molecule has 3 aromatic rings. The van der Waals surface area contributed by atoms with Crippen LogP contribution in [0.4, 0.5) is 0 Å². The van der Waals surface area contributed by atoms with Crippen molar-refractivity contribution < 1.29 is 9.53 Å². The van der Waals surface area contributed by atoms with Crippen LogP contribution in [0.3, 0.4) is 0 Å². The van der Waals surface area contributed by atoms with E-state index in [4.69, 9.17) is 4.74 Å². The number of carbonyl (C=O) groups is 1. The summed E-state index contributed by atoms with van der Waals surface area (Å²) in [6.45, 7) is 2.11. The number of benzene rings is 3. The Hall–Kier alpha value is -2.61. The van der Waals surface area contributed by atoms with Gasteiger partial charge in [0.1, 0.15) is 0 Å². The second-order valence-corrected chi connectivity index (χ2v) is 8.09. The Kier molecular flexibility index (Phi) is 6.43. The maximum absolute atomic E-state index is 12.7. The first-order valence-electron chi connectivity index (χ1n) is 8.56. The summed E-state index contributed by atoms with van der Waals surface area (Å²) in [5, 5.41) is 0. The van der Waals surface area contributed by atoms with Crippen LogP contribution >= 0.6 is 0 Å². The predicted molar refractivity (Wildman–Crippen MR) is 107 cm³/mol. The summed E-state index contributed by atoms with van der Waals surface area (Å²) in [4.78, 5) is 12.7. The molecule has 0 radical (unpaired) electrons. The van der Waals surface area contributed by atoms with Crippen molar-refractivity contribution in [3.05, 3.63) is 107 Å². The van der Waals surface area contributed by atoms with Gasteiger partial charge in [-0.05, 0) is 0 Å². The third-order valence-electron chi connectivity index (χ3n) is 3.80. The monoisotopic (exact) mass is 408 g/mol. The third-order valence-corrected chi connectivity index (χ3v) is 6.38. The fourth-order valence-electron chi connectivity index (χ4n) is 2.50. The van der Waals surface area contributed by atoms with Gasteiger partial charge in [0.2, 0.25) is 0 Å². The molecule has 3 rings (SSSR count). The Morgan fingerprint density at radius 3 is 1.81 bits per heavy atom. The van der Waals surface area contributed by atoms with E-state index in [-0.39, 0.29) is 20.9 Å². The zero-order valence-corrected chi connectivity index (χ0v) is 16.3. The van der Waals surface area contributed by atoms with Crippen LogP contribution in [0, 0.1) is 0 Å². The topological polar surface area (TPSA) is 26.3 Å². The number of ether oxygens (including phenoxy) is 1. The fraction of sp³-hybridized carbons (Fsp3) is 0.0870. The molecule has 0 spiro atoms. The number of hydrogen-bond donors (Lipinski definition) is 0. The van der Waals surface area contributed by atoms with Gasteiger partial charge >= 0.3 is 161 Å². The van der Waals surface area contributed by atoms with E-state index in [1.807, 2.05) is 66.7 Å². The Morgan fingerprint density at radius 2 is 1.27 bits per heavy atom. The van der Waals surface area contributed by atoms with Crippen LogP contribution in [-0.2, 0) is 4.74 Å². The number of rotatable bonds is 6. The maximum atomic E-state index is 12.7. The molecule has 0 atom stereocenters. The number of esters is 1. The van der Waals surface area contributed by atoms with E-state index in [2.05, 4.69) is 19.1 Å². The van der Waals surface area contributed by atoms with Gasteiger partial charge in [0.15, 0.2) is 0 Å². The zero-order valence-electron chi connectivity index (χ0n) is 14.6. The van der Waals surface area contributed by atoms with Crippen molar-refractivity contribution in [3.63, 3.8) is 0 Å². The summed E-state index contributed by atoms with van der Waals surface area (Å²) >= 11 is 0.0954. The molecule has 130 valence electrons. The number of hydrogen-bond acceptors (Lipinski definition) is 2. The Morgan fingerprint density at radius 1 is 0.769 bits per heavy atom. The summed E-state index contributed by atoms with van der Waals surface area (Å²) in [5.41, 5.74) is 1.50. The van der Waals surface area contributed by atoms with Gasteiger partial charge in [-0.3, -0.25) is 0 Å². The molecule has 0 aliphatic heterocycles. The molecule has 26 heavy (non-hydrogen) atoms. The molecule has 0 fully saturated rings. The van der Waals surface area contributed by atoms with E-state index in [1.165, 1.54) is 8.93 Å². The van der Waals surface area contributed by atoms with E-state index in [9.17, 15) is 4.79 Å². The molecule has 0 N–H and O–H groups in total. The van der Waals surface area contributed by atoms with Crippen LogP contribution in [0.15, 0.2) is 95.5 Å². The minimum absolute atomic E-state index is 0.0954. The number of allylic oxidation sites excluding steroid dienone is 1. The van der Waals surface area contributed by atoms with E-state index >= 15 is 0 Å². The van der Waals surface area contributed by atoms with Crippen molar-refractivity contribution >= 4 is 31.1 Å². The second kappa shape index (κ2) is 9.19. The fourth-order valence-corrected chi connectivity index (χ4v) is 4.55. The molecular weight excluding hydrogens is 387 g/mol. The van der Waals surface area contributed by atoms with Gasteiger partial charge in [0.05, 0.1) is 0 Å². The Labute approximate surface area is 160 Å². The van der Waals surface area contributed by atoms with Gasteiger partial charge in [-0.1, -0.05) is 0 Å². The van der Waals surface area contributed by atoms with Crippen molar-refractivity contribution in [1.82, 2.24) is 0 Å². The van der Waals surface area contributed by atoms with E-state index in [0.29, 0.717) is 11.3 Å². The van der Waals surface area contributed by atoms with Gasteiger partial charge in [0.25, 0.3) is 0 Å². The summed E-state index contributed by atoms with van der Waals surface area (Å²) in [7, 11) is 0. The van der Waals surface area contributed by atoms with E-state index < -0.39 is 0 Å². The number of carbonyl (C=O) groups excluding carboxylic acids is 1. The van der Waals surface area contributed by atoms with Crippen LogP contribution in [0.5, 0.6) is 0 Å². The third kappa shape index (κ3) is 4.72. The molecule has 0 aliphatic rings. The van der Waals surface area contributed by atoms with E-state index in [1.54, 1.807) is 12.1 Å². The normalized spacial score (nSPS) is 11.6. The van der Waals surface area contributed by atoms with Crippen LogP contribution in [0.2, 0.25) is 0 Å². The van der Waals surface area contributed by atoms with Crippen LogP contribution in [0.1, 0.15) is 29.3 Å². The van der Waals surface area contributed by atoms with Gasteiger partial charge < -0.3 is 0 Å². The summed E-state index contributed by atoms with van der Waals surface area (Å²) in [5.74, 6) is 0.366. The van der Waals surface area contributed by atoms with E-state index in [0.717, 1.165) is 12.0 Å². The molecule has 3 heteroatoms. The molecule has 3 aromatic carbocycles. The molecular formula is C23H20O2Se. The van der Waals surface area contributed by atoms with Crippen molar-refractivity contribution in [1.29, 1.82) is 0 Å². The first-order valence-corrected chi connectivity index (χ1v) is 10.3. The second-order valence-electron chi connectivity index (χ2n) is 5.64. The Balaban J connectivity index is 1.98. The summed E-state index contributed by atoms with van der Waals surface area (Å²) in [6, 6.07) is 29.4. The predicted octanol–water partition coefficient (Wildman–Crippen LogP) is 4.65. The average molecular weight is 407 g/mol. The molecule has 2 nitrogen and oxygen atoms in total. The van der Waals surface area contributed by atoms with Gasteiger partial charge in [0, 0.05) is 0 Å². The molecule has 0 unspecified atom stereocenters. The molecule has 0 amide bonds. The minimum atomic E-state index is -0.320. The quantitative estimate of drug-likeness (QED) is 0.338. The summed E-state index contributed by atoms with van der Waals surface area (Å²) < 4.78 is 8.33. The first kappa shape index (κ1) is 18.2. The van der Waals surface area contributed by atoms with Crippen molar-refractivity contribution in [2.45, 2.75) is 13.3 Å². The van der Waals surface area contributed by atoms with Crippen molar-refractivity contribution in [2.24, 2.45) is 0 Å². The molecule has 0 bridgehead atoms. The van der Waals surface area contributed by atoms with Crippen LogP contribution in [0.25, 0.3) is 5.76 Å². The SMILES string of the molecule is CC/C([Se]c1ccccc1)=C(\OC(=O)c1ccccc1)c1ccccc1. The van der Waals surface area contributed by atoms with Crippen LogP contribution < -0.4 is 4.46 Å². The molecule has 0 saturated carbocycles. The molecule has 0 heterocycles. The van der Waals surface area contributed by atoms with Crippen LogP contribution in [-0.4, -0.2) is 20.9 Å². The van der Waals surface area contributed by atoms with Gasteiger partial charge in [-0.2, -0.15) is 0 Å². The van der Waals surface area contributed by atoms with Crippen molar-refractivity contribution in [3.8, 4) is 0 Å². The first-order chi connectivity index (χ1) is 12.8. The van der Waals surface area contributed by atoms with Gasteiger partial charge in [-0.25, -0.2) is 0 Å². The molecule has 0 aromatic heterocycles. The Bertz CT molecular complexity index is 872. The van der Waals surface area contributed by atoms with Gasteiger partial charge in [-0.15, -0.1) is 0 Å². The molecule has 0 aliphatic carbocycles. The molecule has 0 saturated heterocycles. The average Bonchev–Trinajstić information content (AvgIpc) is 2.72. The summed E-state index contributed by atoms with van der Waals surface area (Å²) in [6.07, 6.45) is 0.835. The van der Waals surface area contributed by atoms with Crippen molar-refractivity contribution in [2.75, 3.05) is 0 Å².